The van der Waals surface area contributed by atoms with Crippen molar-refractivity contribution in [3.05, 3.63) is 29.3 Å². The lowest BCUT2D eigenvalue weighted by Crippen LogP contribution is -2.22. The highest BCUT2D eigenvalue weighted by atomic mass is 16.5. The lowest BCUT2D eigenvalue weighted by atomic mass is 10.0. The van der Waals surface area contributed by atoms with E-state index in [1.807, 2.05) is 0 Å². The molecule has 1 aliphatic rings. The summed E-state index contributed by atoms with van der Waals surface area (Å²) in [5.41, 5.74) is 9.61. The molecule has 0 radical (unpaired) electrons. The van der Waals surface area contributed by atoms with Crippen LogP contribution in [0.15, 0.2) is 18.2 Å². The summed E-state index contributed by atoms with van der Waals surface area (Å²) in [6.07, 6.45) is 2.48. The molecule has 17 heavy (non-hydrogen) atoms. The standard InChI is InChI=1S/C14H22N2O/c1-11-9-13(4-3-12(11)5-7-15)16-8-6-14(10-16)17-2/h3-4,9,14H,5-8,10,15H2,1-2H3. The second-order valence-corrected chi connectivity index (χ2v) is 4.74. The Kier molecular flexibility index (Phi) is 4.02. The van der Waals surface area contributed by atoms with Crippen molar-refractivity contribution in [2.45, 2.75) is 25.9 Å². The number of hydrogen-bond acceptors (Lipinski definition) is 3. The summed E-state index contributed by atoms with van der Waals surface area (Å²) in [4.78, 5) is 2.40. The summed E-state index contributed by atoms with van der Waals surface area (Å²) in [5.74, 6) is 0. The highest BCUT2D eigenvalue weighted by Crippen LogP contribution is 2.24. The first-order valence-electron chi connectivity index (χ1n) is 6.32. The van der Waals surface area contributed by atoms with Crippen LogP contribution < -0.4 is 10.6 Å². The topological polar surface area (TPSA) is 38.5 Å². The minimum atomic E-state index is 0.388. The zero-order valence-electron chi connectivity index (χ0n) is 10.8. The quantitative estimate of drug-likeness (QED) is 0.862. The molecule has 1 fully saturated rings. The summed E-state index contributed by atoms with van der Waals surface area (Å²) in [5, 5.41) is 0. The molecule has 0 bridgehead atoms. The Hall–Kier alpha value is -1.06. The first-order valence-corrected chi connectivity index (χ1v) is 6.32. The number of ether oxygens (including phenoxy) is 1. The number of hydrogen-bond donors (Lipinski definition) is 1. The summed E-state index contributed by atoms with van der Waals surface area (Å²) < 4.78 is 5.40. The SMILES string of the molecule is COC1CCN(c2ccc(CCN)c(C)c2)C1. The van der Waals surface area contributed by atoms with Crippen LogP contribution >= 0.6 is 0 Å². The monoisotopic (exact) mass is 234 g/mol. The molecule has 1 heterocycles. The number of aryl methyl sites for hydroxylation is 1. The maximum Gasteiger partial charge on any atom is 0.0762 e. The van der Waals surface area contributed by atoms with Gasteiger partial charge >= 0.3 is 0 Å². The minimum Gasteiger partial charge on any atom is -0.380 e. The number of nitrogens with zero attached hydrogens (tertiary/aromatic N) is 1. The van der Waals surface area contributed by atoms with Gasteiger partial charge in [0.25, 0.3) is 0 Å². The fraction of sp³-hybridized carbons (Fsp3) is 0.571. The zero-order valence-corrected chi connectivity index (χ0v) is 10.8. The van der Waals surface area contributed by atoms with Gasteiger partial charge in [0.15, 0.2) is 0 Å². The maximum absolute atomic E-state index is 5.60. The van der Waals surface area contributed by atoms with E-state index in [-0.39, 0.29) is 0 Å². The fourth-order valence-electron chi connectivity index (χ4n) is 2.47. The molecule has 1 unspecified atom stereocenters. The van der Waals surface area contributed by atoms with Crippen LogP contribution in [0, 0.1) is 6.92 Å². The first kappa shape index (κ1) is 12.4. The molecule has 0 amide bonds. The fourth-order valence-corrected chi connectivity index (χ4v) is 2.47. The lowest BCUT2D eigenvalue weighted by molar-refractivity contribution is 0.121. The van der Waals surface area contributed by atoms with Crippen molar-refractivity contribution < 1.29 is 4.74 Å². The Balaban J connectivity index is 2.09. The van der Waals surface area contributed by atoms with E-state index in [0.717, 1.165) is 32.5 Å². The van der Waals surface area contributed by atoms with Crippen LogP contribution in [0.5, 0.6) is 0 Å². The van der Waals surface area contributed by atoms with Gasteiger partial charge in [0.05, 0.1) is 6.10 Å². The van der Waals surface area contributed by atoms with E-state index >= 15 is 0 Å². The molecule has 1 aromatic carbocycles. The number of anilines is 1. The molecular formula is C14H22N2O. The van der Waals surface area contributed by atoms with E-state index in [1.54, 1.807) is 7.11 Å². The van der Waals surface area contributed by atoms with Gasteiger partial charge in [0.2, 0.25) is 0 Å². The van der Waals surface area contributed by atoms with Crippen LogP contribution in [-0.4, -0.2) is 32.8 Å². The Morgan fingerprint density at radius 2 is 2.29 bits per heavy atom. The van der Waals surface area contributed by atoms with Crippen LogP contribution in [0.1, 0.15) is 17.5 Å². The molecule has 94 valence electrons. The largest absolute Gasteiger partial charge is 0.380 e. The van der Waals surface area contributed by atoms with Crippen LogP contribution in [-0.2, 0) is 11.2 Å². The Labute approximate surface area is 104 Å². The molecule has 2 N–H and O–H groups in total. The normalized spacial score (nSPS) is 19.9. The van der Waals surface area contributed by atoms with Crippen molar-refractivity contribution >= 4 is 5.69 Å². The molecule has 1 aromatic rings. The van der Waals surface area contributed by atoms with Gasteiger partial charge in [-0.1, -0.05) is 6.07 Å². The number of methoxy groups -OCH3 is 1. The average molecular weight is 234 g/mol. The molecule has 0 aromatic heterocycles. The Morgan fingerprint density at radius 1 is 1.47 bits per heavy atom. The van der Waals surface area contributed by atoms with Crippen LogP contribution in [0.2, 0.25) is 0 Å². The van der Waals surface area contributed by atoms with Crippen LogP contribution in [0.3, 0.4) is 0 Å². The first-order chi connectivity index (χ1) is 8.24. The number of rotatable bonds is 4. The van der Waals surface area contributed by atoms with Gasteiger partial charge in [0, 0.05) is 25.9 Å². The van der Waals surface area contributed by atoms with Gasteiger partial charge in [0.1, 0.15) is 0 Å². The second kappa shape index (κ2) is 5.52. The third kappa shape index (κ3) is 2.79. The average Bonchev–Trinajstić information content (AvgIpc) is 2.80. The van der Waals surface area contributed by atoms with Crippen molar-refractivity contribution in [2.24, 2.45) is 5.73 Å². The summed E-state index contributed by atoms with van der Waals surface area (Å²) >= 11 is 0. The summed E-state index contributed by atoms with van der Waals surface area (Å²) in [7, 11) is 1.80. The van der Waals surface area contributed by atoms with Gasteiger partial charge in [-0.2, -0.15) is 0 Å². The van der Waals surface area contributed by atoms with Crippen molar-refractivity contribution in [1.29, 1.82) is 0 Å². The van der Waals surface area contributed by atoms with E-state index in [4.69, 9.17) is 10.5 Å². The van der Waals surface area contributed by atoms with E-state index in [1.165, 1.54) is 16.8 Å². The third-order valence-corrected chi connectivity index (χ3v) is 3.58. The van der Waals surface area contributed by atoms with E-state index in [0.29, 0.717) is 6.10 Å². The predicted molar refractivity (Wildman–Crippen MR) is 71.6 cm³/mol. The second-order valence-electron chi connectivity index (χ2n) is 4.74. The number of benzene rings is 1. The van der Waals surface area contributed by atoms with E-state index in [2.05, 4.69) is 30.0 Å². The molecule has 1 saturated heterocycles. The molecule has 2 rings (SSSR count). The van der Waals surface area contributed by atoms with Crippen molar-refractivity contribution in [2.75, 3.05) is 31.6 Å². The lowest BCUT2D eigenvalue weighted by Gasteiger charge is -2.19. The van der Waals surface area contributed by atoms with Crippen LogP contribution in [0.4, 0.5) is 5.69 Å². The van der Waals surface area contributed by atoms with Gasteiger partial charge in [-0.3, -0.25) is 0 Å². The van der Waals surface area contributed by atoms with Crippen molar-refractivity contribution in [3.63, 3.8) is 0 Å². The molecule has 0 saturated carbocycles. The summed E-state index contributed by atoms with van der Waals surface area (Å²) in [6, 6.07) is 6.68. The Morgan fingerprint density at radius 3 is 2.88 bits per heavy atom. The van der Waals surface area contributed by atoms with Gasteiger partial charge in [-0.05, 0) is 49.6 Å². The third-order valence-electron chi connectivity index (χ3n) is 3.58. The van der Waals surface area contributed by atoms with Gasteiger partial charge < -0.3 is 15.4 Å². The smallest absolute Gasteiger partial charge is 0.0762 e. The van der Waals surface area contributed by atoms with Gasteiger partial charge in [-0.15, -0.1) is 0 Å². The molecule has 0 aliphatic carbocycles. The molecule has 3 heteroatoms. The highest BCUT2D eigenvalue weighted by molar-refractivity contribution is 5.51. The summed E-state index contributed by atoms with van der Waals surface area (Å²) in [6.45, 7) is 4.98. The molecule has 3 nitrogen and oxygen atoms in total. The molecule has 0 spiro atoms. The van der Waals surface area contributed by atoms with Gasteiger partial charge in [-0.25, -0.2) is 0 Å². The molecular weight excluding hydrogens is 212 g/mol. The van der Waals surface area contributed by atoms with E-state index < -0.39 is 0 Å². The van der Waals surface area contributed by atoms with Crippen molar-refractivity contribution in [1.82, 2.24) is 0 Å². The highest BCUT2D eigenvalue weighted by Gasteiger charge is 2.22. The van der Waals surface area contributed by atoms with Crippen LogP contribution in [0.25, 0.3) is 0 Å². The Bertz CT molecular complexity index is 378. The zero-order chi connectivity index (χ0) is 12.3. The van der Waals surface area contributed by atoms with E-state index in [9.17, 15) is 0 Å². The number of nitrogens with two attached hydrogens (primary N) is 1. The molecule has 1 atom stereocenters. The van der Waals surface area contributed by atoms with Crippen molar-refractivity contribution in [3.8, 4) is 0 Å². The predicted octanol–water partition coefficient (Wildman–Crippen LogP) is 1.72. The maximum atomic E-state index is 5.60. The minimum absolute atomic E-state index is 0.388. The molecule has 1 aliphatic heterocycles.